The molecule has 16 heavy (non-hydrogen) atoms. The van der Waals surface area contributed by atoms with Crippen LogP contribution in [0.25, 0.3) is 0 Å². The molecule has 0 unspecified atom stereocenters. The maximum Gasteiger partial charge on any atom is 0.339 e. The van der Waals surface area contributed by atoms with Gasteiger partial charge in [0.15, 0.2) is 0 Å². The number of aryl methyl sites for hydroxylation is 1. The lowest BCUT2D eigenvalue weighted by atomic mass is 10.1. The minimum Gasteiger partial charge on any atom is -0.492 e. The van der Waals surface area contributed by atoms with Crippen molar-refractivity contribution in [2.45, 2.75) is 13.3 Å². The summed E-state index contributed by atoms with van der Waals surface area (Å²) >= 11 is 0. The lowest BCUT2D eigenvalue weighted by Crippen LogP contribution is -2.15. The Morgan fingerprint density at radius 3 is 2.69 bits per heavy atom. The zero-order chi connectivity index (χ0) is 12.1. The summed E-state index contributed by atoms with van der Waals surface area (Å²) in [6.07, 6.45) is 0.0625. The second kappa shape index (κ2) is 5.16. The summed E-state index contributed by atoms with van der Waals surface area (Å²) in [5.41, 5.74) is 5.92. The molecule has 0 fully saturated rings. The Kier molecular flexibility index (Phi) is 3.88. The molecule has 0 spiro atoms. The quantitative estimate of drug-likeness (QED) is 0.777. The monoisotopic (exact) mass is 223 g/mol. The molecule has 0 atom stereocenters. The lowest BCUT2D eigenvalue weighted by Gasteiger charge is -2.08. The molecular formula is C11H13NO4. The predicted molar refractivity (Wildman–Crippen MR) is 57.4 cm³/mol. The summed E-state index contributed by atoms with van der Waals surface area (Å²) < 4.78 is 5.21. The highest BCUT2D eigenvalue weighted by Crippen LogP contribution is 2.20. The van der Waals surface area contributed by atoms with Gasteiger partial charge in [0.2, 0.25) is 5.91 Å². The minimum atomic E-state index is -1.06. The molecule has 0 radical (unpaired) electrons. The van der Waals surface area contributed by atoms with Crippen molar-refractivity contribution >= 4 is 11.9 Å². The standard InChI is InChI=1S/C11H13NO4/c1-7-2-3-8(11(14)15)9(6-7)16-5-4-10(12)13/h2-3,6H,4-5H2,1H3,(H2,12,13)(H,14,15). The van der Waals surface area contributed by atoms with Crippen molar-refractivity contribution in [3.63, 3.8) is 0 Å². The molecule has 5 nitrogen and oxygen atoms in total. The molecule has 0 aliphatic carbocycles. The van der Waals surface area contributed by atoms with E-state index in [4.69, 9.17) is 15.6 Å². The Bertz CT molecular complexity index is 414. The largest absolute Gasteiger partial charge is 0.492 e. The number of rotatable bonds is 5. The van der Waals surface area contributed by atoms with Gasteiger partial charge in [-0.05, 0) is 24.6 Å². The first-order chi connectivity index (χ1) is 7.50. The molecule has 0 aromatic heterocycles. The van der Waals surface area contributed by atoms with Gasteiger partial charge < -0.3 is 15.6 Å². The molecular weight excluding hydrogens is 210 g/mol. The topological polar surface area (TPSA) is 89.6 Å². The molecule has 3 N–H and O–H groups in total. The van der Waals surface area contributed by atoms with Crippen molar-refractivity contribution in [3.05, 3.63) is 29.3 Å². The van der Waals surface area contributed by atoms with Gasteiger partial charge in [0, 0.05) is 0 Å². The average molecular weight is 223 g/mol. The Balaban J connectivity index is 2.80. The van der Waals surface area contributed by atoms with E-state index >= 15 is 0 Å². The number of hydrogen-bond donors (Lipinski definition) is 2. The van der Waals surface area contributed by atoms with Gasteiger partial charge in [-0.3, -0.25) is 4.79 Å². The number of aromatic carboxylic acids is 1. The van der Waals surface area contributed by atoms with E-state index in [0.29, 0.717) is 0 Å². The number of carbonyl (C=O) groups is 2. The predicted octanol–water partition coefficient (Wildman–Crippen LogP) is 0.947. The number of carbonyl (C=O) groups excluding carboxylic acids is 1. The van der Waals surface area contributed by atoms with Crippen molar-refractivity contribution < 1.29 is 19.4 Å². The fourth-order valence-electron chi connectivity index (χ4n) is 1.19. The van der Waals surface area contributed by atoms with Crippen LogP contribution in [0.1, 0.15) is 22.3 Å². The molecule has 1 aromatic carbocycles. The van der Waals surface area contributed by atoms with Crippen LogP contribution >= 0.6 is 0 Å². The van der Waals surface area contributed by atoms with Crippen LogP contribution in [-0.2, 0) is 4.79 Å². The smallest absolute Gasteiger partial charge is 0.339 e. The highest BCUT2D eigenvalue weighted by Gasteiger charge is 2.11. The van der Waals surface area contributed by atoms with Crippen LogP contribution < -0.4 is 10.5 Å². The third kappa shape index (κ3) is 3.27. The van der Waals surface area contributed by atoms with Gasteiger partial charge in [-0.2, -0.15) is 0 Å². The van der Waals surface area contributed by atoms with Crippen molar-refractivity contribution in [3.8, 4) is 5.75 Å². The number of benzene rings is 1. The maximum atomic E-state index is 10.9. The maximum absolute atomic E-state index is 10.9. The normalized spacial score (nSPS) is 9.81. The fraction of sp³-hybridized carbons (Fsp3) is 0.273. The molecule has 1 amide bonds. The van der Waals surface area contributed by atoms with Gasteiger partial charge in [-0.25, -0.2) is 4.79 Å². The van der Waals surface area contributed by atoms with Crippen LogP contribution in [0.3, 0.4) is 0 Å². The Labute approximate surface area is 92.8 Å². The molecule has 1 aromatic rings. The number of primary amides is 1. The van der Waals surface area contributed by atoms with Crippen molar-refractivity contribution in [2.24, 2.45) is 5.73 Å². The van der Waals surface area contributed by atoms with Gasteiger partial charge in [0.25, 0.3) is 0 Å². The summed E-state index contributed by atoms with van der Waals surface area (Å²) in [7, 11) is 0. The zero-order valence-electron chi connectivity index (χ0n) is 8.90. The zero-order valence-corrected chi connectivity index (χ0v) is 8.90. The van der Waals surface area contributed by atoms with E-state index in [9.17, 15) is 9.59 Å². The van der Waals surface area contributed by atoms with E-state index < -0.39 is 11.9 Å². The number of nitrogens with two attached hydrogens (primary N) is 1. The van der Waals surface area contributed by atoms with Crippen molar-refractivity contribution in [1.82, 2.24) is 0 Å². The van der Waals surface area contributed by atoms with Gasteiger partial charge in [-0.15, -0.1) is 0 Å². The molecule has 0 aliphatic heterocycles. The third-order valence-corrected chi connectivity index (χ3v) is 1.97. The highest BCUT2D eigenvalue weighted by atomic mass is 16.5. The van der Waals surface area contributed by atoms with Gasteiger partial charge in [0.1, 0.15) is 11.3 Å². The molecule has 5 heteroatoms. The molecule has 1 rings (SSSR count). The van der Waals surface area contributed by atoms with Gasteiger partial charge >= 0.3 is 5.97 Å². The summed E-state index contributed by atoms with van der Waals surface area (Å²) in [4.78, 5) is 21.4. The molecule has 0 saturated carbocycles. The SMILES string of the molecule is Cc1ccc(C(=O)O)c(OCCC(N)=O)c1. The first-order valence-electron chi connectivity index (χ1n) is 4.75. The molecule has 0 heterocycles. The summed E-state index contributed by atoms with van der Waals surface area (Å²) in [6, 6.07) is 4.77. The van der Waals surface area contributed by atoms with E-state index in [1.807, 2.05) is 6.92 Å². The number of ether oxygens (including phenoxy) is 1. The molecule has 86 valence electrons. The highest BCUT2D eigenvalue weighted by molar-refractivity contribution is 5.91. The van der Waals surface area contributed by atoms with E-state index in [1.54, 1.807) is 12.1 Å². The summed E-state index contributed by atoms with van der Waals surface area (Å²) in [6.45, 7) is 1.91. The Morgan fingerprint density at radius 1 is 1.44 bits per heavy atom. The first kappa shape index (κ1) is 12.0. The van der Waals surface area contributed by atoms with Crippen molar-refractivity contribution in [2.75, 3.05) is 6.61 Å². The molecule has 0 bridgehead atoms. The average Bonchev–Trinajstić information content (AvgIpc) is 2.16. The first-order valence-corrected chi connectivity index (χ1v) is 4.75. The van der Waals surface area contributed by atoms with Crippen LogP contribution in [0.2, 0.25) is 0 Å². The van der Waals surface area contributed by atoms with Crippen LogP contribution in [0, 0.1) is 6.92 Å². The van der Waals surface area contributed by atoms with E-state index in [2.05, 4.69) is 0 Å². The van der Waals surface area contributed by atoms with Crippen LogP contribution in [0.15, 0.2) is 18.2 Å². The number of amides is 1. The number of carboxylic acid groups (broad SMARTS) is 1. The Morgan fingerprint density at radius 2 is 2.12 bits per heavy atom. The second-order valence-electron chi connectivity index (χ2n) is 3.37. The van der Waals surface area contributed by atoms with Crippen LogP contribution in [0.5, 0.6) is 5.75 Å². The summed E-state index contributed by atoms with van der Waals surface area (Å²) in [5, 5.41) is 8.89. The minimum absolute atomic E-state index is 0.0625. The lowest BCUT2D eigenvalue weighted by molar-refractivity contribution is -0.118. The second-order valence-corrected chi connectivity index (χ2v) is 3.37. The van der Waals surface area contributed by atoms with E-state index in [1.165, 1.54) is 6.07 Å². The summed E-state index contributed by atoms with van der Waals surface area (Å²) in [5.74, 6) is -1.28. The van der Waals surface area contributed by atoms with E-state index in [-0.39, 0.29) is 24.3 Å². The van der Waals surface area contributed by atoms with Gasteiger partial charge in [-0.1, -0.05) is 6.07 Å². The molecule has 0 aliphatic rings. The fourth-order valence-corrected chi connectivity index (χ4v) is 1.19. The van der Waals surface area contributed by atoms with Crippen LogP contribution in [-0.4, -0.2) is 23.6 Å². The number of carboxylic acids is 1. The van der Waals surface area contributed by atoms with Crippen LogP contribution in [0.4, 0.5) is 0 Å². The Hall–Kier alpha value is -2.04. The van der Waals surface area contributed by atoms with Crippen molar-refractivity contribution in [1.29, 1.82) is 0 Å². The number of hydrogen-bond acceptors (Lipinski definition) is 3. The van der Waals surface area contributed by atoms with Gasteiger partial charge in [0.05, 0.1) is 13.0 Å². The third-order valence-electron chi connectivity index (χ3n) is 1.97. The van der Waals surface area contributed by atoms with E-state index in [0.717, 1.165) is 5.56 Å². The molecule has 0 saturated heterocycles.